The van der Waals surface area contributed by atoms with Gasteiger partial charge in [-0.25, -0.2) is 13.4 Å². The zero-order chi connectivity index (χ0) is 13.9. The third-order valence-electron chi connectivity index (χ3n) is 2.93. The first-order valence-corrected chi connectivity index (χ1v) is 8.49. The summed E-state index contributed by atoms with van der Waals surface area (Å²) in [7, 11) is -3.46. The molecule has 0 aromatic carbocycles. The van der Waals surface area contributed by atoms with Crippen molar-refractivity contribution in [3.63, 3.8) is 0 Å². The topological polar surface area (TPSA) is 79.4 Å². The second kappa shape index (κ2) is 5.98. The average molecular weight is 303 g/mol. The fraction of sp³-hybridized carbons (Fsp3) is 0.636. The van der Waals surface area contributed by atoms with Crippen LogP contribution in [0.25, 0.3) is 0 Å². The van der Waals surface area contributed by atoms with Crippen molar-refractivity contribution < 1.29 is 13.2 Å². The van der Waals surface area contributed by atoms with Gasteiger partial charge in [0, 0.05) is 20.0 Å². The second-order valence-electron chi connectivity index (χ2n) is 4.48. The number of aromatic nitrogens is 1. The molecule has 1 aromatic heterocycles. The van der Waals surface area contributed by atoms with Crippen LogP contribution in [0.2, 0.25) is 0 Å². The zero-order valence-corrected chi connectivity index (χ0v) is 12.4. The van der Waals surface area contributed by atoms with Crippen molar-refractivity contribution in [2.75, 3.05) is 18.4 Å². The summed E-state index contributed by atoms with van der Waals surface area (Å²) in [5.41, 5.74) is 0. The molecule has 1 aliphatic rings. The van der Waals surface area contributed by atoms with Gasteiger partial charge in [0.25, 0.3) is 10.0 Å². The molecule has 0 saturated carbocycles. The van der Waals surface area contributed by atoms with Gasteiger partial charge in [0.1, 0.15) is 0 Å². The molecule has 1 amide bonds. The molecule has 19 heavy (non-hydrogen) atoms. The Morgan fingerprint density at radius 2 is 1.95 bits per heavy atom. The first kappa shape index (κ1) is 14.4. The standard InChI is InChI=1S/C11H17N3O3S2/c1-9(15)13-11-12-8-10(18-11)19(16,17)14-6-4-2-3-5-7-14/h8H,2-7H2,1H3,(H,12,13,15). The van der Waals surface area contributed by atoms with Crippen LogP contribution >= 0.6 is 11.3 Å². The molecule has 8 heteroatoms. The number of sulfonamides is 1. The van der Waals surface area contributed by atoms with Crippen LogP contribution in [0.15, 0.2) is 10.4 Å². The highest BCUT2D eigenvalue weighted by Crippen LogP contribution is 2.27. The lowest BCUT2D eigenvalue weighted by Crippen LogP contribution is -2.31. The van der Waals surface area contributed by atoms with Crippen molar-refractivity contribution in [3.8, 4) is 0 Å². The number of thiazole rings is 1. The van der Waals surface area contributed by atoms with Crippen molar-refractivity contribution >= 4 is 32.4 Å². The number of hydrogen-bond donors (Lipinski definition) is 1. The van der Waals surface area contributed by atoms with Crippen molar-refractivity contribution in [1.29, 1.82) is 0 Å². The van der Waals surface area contributed by atoms with E-state index in [2.05, 4.69) is 10.3 Å². The molecule has 0 atom stereocenters. The summed E-state index contributed by atoms with van der Waals surface area (Å²) in [6, 6.07) is 0. The third kappa shape index (κ3) is 3.52. The molecule has 0 bridgehead atoms. The highest BCUT2D eigenvalue weighted by atomic mass is 32.2. The lowest BCUT2D eigenvalue weighted by atomic mass is 10.2. The van der Waals surface area contributed by atoms with Crippen LogP contribution < -0.4 is 5.32 Å². The predicted octanol–water partition coefficient (Wildman–Crippen LogP) is 1.67. The van der Waals surface area contributed by atoms with E-state index < -0.39 is 10.0 Å². The molecule has 2 heterocycles. The molecule has 0 radical (unpaired) electrons. The third-order valence-corrected chi connectivity index (χ3v) is 6.17. The van der Waals surface area contributed by atoms with Crippen LogP contribution in [0.3, 0.4) is 0 Å². The fourth-order valence-electron chi connectivity index (χ4n) is 2.00. The second-order valence-corrected chi connectivity index (χ2v) is 7.68. The maximum Gasteiger partial charge on any atom is 0.254 e. The first-order valence-electron chi connectivity index (χ1n) is 6.24. The van der Waals surface area contributed by atoms with Gasteiger partial charge in [0.2, 0.25) is 5.91 Å². The molecule has 106 valence electrons. The Morgan fingerprint density at radius 3 is 2.53 bits per heavy atom. The van der Waals surface area contributed by atoms with E-state index >= 15 is 0 Å². The van der Waals surface area contributed by atoms with E-state index in [9.17, 15) is 13.2 Å². The van der Waals surface area contributed by atoms with Crippen LogP contribution in [0, 0.1) is 0 Å². The smallest absolute Gasteiger partial charge is 0.254 e. The lowest BCUT2D eigenvalue weighted by molar-refractivity contribution is -0.114. The normalized spacial score (nSPS) is 17.9. The number of carbonyl (C=O) groups is 1. The van der Waals surface area contributed by atoms with Crippen LogP contribution in [0.1, 0.15) is 32.6 Å². The van der Waals surface area contributed by atoms with Crippen molar-refractivity contribution in [2.45, 2.75) is 36.8 Å². The molecule has 1 fully saturated rings. The van der Waals surface area contributed by atoms with Gasteiger partial charge in [-0.15, -0.1) is 0 Å². The highest BCUT2D eigenvalue weighted by Gasteiger charge is 2.27. The van der Waals surface area contributed by atoms with Gasteiger partial charge in [-0.3, -0.25) is 4.79 Å². The maximum absolute atomic E-state index is 12.4. The summed E-state index contributed by atoms with van der Waals surface area (Å²) in [5.74, 6) is -0.256. The van der Waals surface area contributed by atoms with E-state index in [1.54, 1.807) is 0 Å². The monoisotopic (exact) mass is 303 g/mol. The van der Waals surface area contributed by atoms with Gasteiger partial charge in [-0.1, -0.05) is 24.2 Å². The summed E-state index contributed by atoms with van der Waals surface area (Å²) in [5, 5.41) is 2.82. The Kier molecular flexibility index (Phi) is 4.54. The number of nitrogens with zero attached hydrogens (tertiary/aromatic N) is 2. The minimum absolute atomic E-state index is 0.193. The Labute approximate surface area is 116 Å². The summed E-state index contributed by atoms with van der Waals surface area (Å²) in [6.07, 6.45) is 5.26. The number of nitrogens with one attached hydrogen (secondary N) is 1. The van der Waals surface area contributed by atoms with Gasteiger partial charge in [0.15, 0.2) is 9.34 Å². The van der Waals surface area contributed by atoms with Crippen molar-refractivity contribution in [1.82, 2.24) is 9.29 Å². The van der Waals surface area contributed by atoms with Crippen LogP contribution in [-0.2, 0) is 14.8 Å². The van der Waals surface area contributed by atoms with E-state index in [4.69, 9.17) is 0 Å². The maximum atomic E-state index is 12.4. The van der Waals surface area contributed by atoms with Crippen molar-refractivity contribution in [2.24, 2.45) is 0 Å². The summed E-state index contributed by atoms with van der Waals surface area (Å²) < 4.78 is 26.6. The Morgan fingerprint density at radius 1 is 1.32 bits per heavy atom. The average Bonchev–Trinajstić information content (AvgIpc) is 2.64. The van der Waals surface area contributed by atoms with Gasteiger partial charge in [-0.2, -0.15) is 4.31 Å². The summed E-state index contributed by atoms with van der Waals surface area (Å²) >= 11 is 0.996. The Balaban J connectivity index is 2.18. The van der Waals surface area contributed by atoms with Gasteiger partial charge < -0.3 is 5.32 Å². The van der Waals surface area contributed by atoms with E-state index in [1.807, 2.05) is 0 Å². The van der Waals surface area contributed by atoms with Gasteiger partial charge in [-0.05, 0) is 12.8 Å². The zero-order valence-electron chi connectivity index (χ0n) is 10.8. The molecule has 1 aliphatic heterocycles. The Bertz CT molecular complexity index is 545. The summed E-state index contributed by atoms with van der Waals surface area (Å²) in [4.78, 5) is 14.8. The first-order chi connectivity index (χ1) is 9.00. The molecule has 1 N–H and O–H groups in total. The van der Waals surface area contributed by atoms with Crippen LogP contribution in [0.4, 0.5) is 5.13 Å². The molecule has 0 aliphatic carbocycles. The molecule has 0 spiro atoms. The largest absolute Gasteiger partial charge is 0.302 e. The number of amides is 1. The fourth-order valence-corrected chi connectivity index (χ4v) is 4.75. The molecule has 0 unspecified atom stereocenters. The van der Waals surface area contributed by atoms with Crippen molar-refractivity contribution in [3.05, 3.63) is 6.20 Å². The molecular weight excluding hydrogens is 286 g/mol. The van der Waals surface area contributed by atoms with Gasteiger partial charge >= 0.3 is 0 Å². The molecule has 6 nitrogen and oxygen atoms in total. The minimum atomic E-state index is -3.46. The Hall–Kier alpha value is -0.990. The number of anilines is 1. The lowest BCUT2D eigenvalue weighted by Gasteiger charge is -2.18. The van der Waals surface area contributed by atoms with Crippen LogP contribution in [0.5, 0.6) is 0 Å². The molecule has 2 rings (SSSR count). The molecular formula is C11H17N3O3S2. The SMILES string of the molecule is CC(=O)Nc1ncc(S(=O)(=O)N2CCCCCC2)s1. The minimum Gasteiger partial charge on any atom is -0.302 e. The quantitative estimate of drug-likeness (QED) is 0.921. The number of rotatable bonds is 3. The van der Waals surface area contributed by atoms with E-state index in [1.165, 1.54) is 17.4 Å². The van der Waals surface area contributed by atoms with Crippen LogP contribution in [-0.4, -0.2) is 36.7 Å². The number of hydrogen-bond acceptors (Lipinski definition) is 5. The predicted molar refractivity (Wildman–Crippen MR) is 73.6 cm³/mol. The van der Waals surface area contributed by atoms with Gasteiger partial charge in [0.05, 0.1) is 6.20 Å². The van der Waals surface area contributed by atoms with E-state index in [0.29, 0.717) is 18.2 Å². The van der Waals surface area contributed by atoms with E-state index in [0.717, 1.165) is 37.0 Å². The summed E-state index contributed by atoms with van der Waals surface area (Å²) in [6.45, 7) is 2.50. The molecule has 1 aromatic rings. The molecule has 1 saturated heterocycles. The highest BCUT2D eigenvalue weighted by molar-refractivity contribution is 7.91. The van der Waals surface area contributed by atoms with E-state index in [-0.39, 0.29) is 10.1 Å². The number of carbonyl (C=O) groups excluding carboxylic acids is 1.